The molecule has 2 aromatic heterocycles. The van der Waals surface area contributed by atoms with Crippen LogP contribution in [0.5, 0.6) is 0 Å². The fourth-order valence-electron chi connectivity index (χ4n) is 2.17. The first-order valence-corrected chi connectivity index (χ1v) is 8.80. The van der Waals surface area contributed by atoms with Gasteiger partial charge in [-0.15, -0.1) is 11.3 Å². The Labute approximate surface area is 146 Å². The number of nitriles is 1. The number of carbonyl (C=O) groups excluding carboxylic acids is 1. The SMILES string of the molecule is CCCCc1nc(C)c(C(=O)NCCNc2ncccc2C#N)s1. The van der Waals surface area contributed by atoms with Gasteiger partial charge in [0.2, 0.25) is 0 Å². The van der Waals surface area contributed by atoms with E-state index in [-0.39, 0.29) is 5.91 Å². The fraction of sp³-hybridized carbons (Fsp3) is 0.412. The number of hydrogen-bond acceptors (Lipinski definition) is 6. The Morgan fingerprint density at radius 2 is 2.25 bits per heavy atom. The van der Waals surface area contributed by atoms with E-state index in [1.807, 2.05) is 6.92 Å². The molecule has 0 radical (unpaired) electrons. The number of aryl methyl sites for hydroxylation is 2. The van der Waals surface area contributed by atoms with Crippen LogP contribution in [0.3, 0.4) is 0 Å². The molecule has 2 aromatic rings. The van der Waals surface area contributed by atoms with Gasteiger partial charge in [-0.2, -0.15) is 5.26 Å². The molecule has 2 rings (SSSR count). The van der Waals surface area contributed by atoms with Crippen molar-refractivity contribution in [3.63, 3.8) is 0 Å². The number of thiazole rings is 1. The van der Waals surface area contributed by atoms with Crippen molar-refractivity contribution in [1.82, 2.24) is 15.3 Å². The summed E-state index contributed by atoms with van der Waals surface area (Å²) in [6.45, 7) is 4.95. The second-order valence-corrected chi connectivity index (χ2v) is 6.40. The van der Waals surface area contributed by atoms with E-state index >= 15 is 0 Å². The fourth-order valence-corrected chi connectivity index (χ4v) is 3.19. The van der Waals surface area contributed by atoms with Crippen LogP contribution in [0.25, 0.3) is 0 Å². The summed E-state index contributed by atoms with van der Waals surface area (Å²) in [5, 5.41) is 16.0. The van der Waals surface area contributed by atoms with Crippen LogP contribution in [0.2, 0.25) is 0 Å². The molecule has 24 heavy (non-hydrogen) atoms. The number of carbonyl (C=O) groups is 1. The summed E-state index contributed by atoms with van der Waals surface area (Å²) in [7, 11) is 0. The molecule has 0 aliphatic rings. The zero-order valence-corrected chi connectivity index (χ0v) is 14.7. The van der Waals surface area contributed by atoms with Crippen LogP contribution in [0.15, 0.2) is 18.3 Å². The van der Waals surface area contributed by atoms with E-state index in [1.54, 1.807) is 18.3 Å². The lowest BCUT2D eigenvalue weighted by atomic mass is 10.3. The van der Waals surface area contributed by atoms with Crippen LogP contribution in [-0.4, -0.2) is 29.0 Å². The lowest BCUT2D eigenvalue weighted by Crippen LogP contribution is -2.28. The number of amides is 1. The van der Waals surface area contributed by atoms with Gasteiger partial charge in [0.05, 0.1) is 16.3 Å². The van der Waals surface area contributed by atoms with Crippen molar-refractivity contribution in [3.05, 3.63) is 39.5 Å². The van der Waals surface area contributed by atoms with Gasteiger partial charge >= 0.3 is 0 Å². The van der Waals surface area contributed by atoms with Gasteiger partial charge in [-0.05, 0) is 31.9 Å². The van der Waals surface area contributed by atoms with E-state index in [0.29, 0.717) is 29.3 Å². The monoisotopic (exact) mass is 343 g/mol. The van der Waals surface area contributed by atoms with E-state index in [0.717, 1.165) is 30.0 Å². The quantitative estimate of drug-likeness (QED) is 0.719. The number of nitrogens with one attached hydrogen (secondary N) is 2. The standard InChI is InChI=1S/C17H21N5OS/c1-3-4-7-14-22-12(2)15(24-14)17(23)21-10-9-20-16-13(11-18)6-5-8-19-16/h5-6,8H,3-4,7,9-10H2,1-2H3,(H,19,20)(H,21,23). The Kier molecular flexibility index (Phi) is 6.70. The van der Waals surface area contributed by atoms with E-state index in [9.17, 15) is 4.79 Å². The summed E-state index contributed by atoms with van der Waals surface area (Å²) >= 11 is 1.47. The van der Waals surface area contributed by atoms with Gasteiger partial charge < -0.3 is 10.6 Å². The molecule has 0 spiro atoms. The molecule has 0 aliphatic carbocycles. The van der Waals surface area contributed by atoms with Crippen molar-refractivity contribution in [3.8, 4) is 6.07 Å². The molecule has 0 fully saturated rings. The number of unbranched alkanes of at least 4 members (excludes halogenated alkanes) is 1. The summed E-state index contributed by atoms with van der Waals surface area (Å²) in [4.78, 5) is 21.5. The molecule has 2 N–H and O–H groups in total. The molecule has 0 unspecified atom stereocenters. The Morgan fingerprint density at radius 3 is 3.00 bits per heavy atom. The van der Waals surface area contributed by atoms with E-state index in [2.05, 4.69) is 33.6 Å². The lowest BCUT2D eigenvalue weighted by molar-refractivity contribution is 0.0958. The van der Waals surface area contributed by atoms with Gasteiger partial charge in [0, 0.05) is 19.3 Å². The maximum atomic E-state index is 12.3. The molecule has 1 amide bonds. The average molecular weight is 343 g/mol. The maximum absolute atomic E-state index is 12.3. The second-order valence-electron chi connectivity index (χ2n) is 5.32. The van der Waals surface area contributed by atoms with Crippen LogP contribution in [0.1, 0.15) is 45.7 Å². The van der Waals surface area contributed by atoms with Crippen molar-refractivity contribution in [1.29, 1.82) is 5.26 Å². The van der Waals surface area contributed by atoms with Gasteiger partial charge in [0.1, 0.15) is 16.8 Å². The first-order chi connectivity index (χ1) is 11.7. The predicted octanol–water partition coefficient (Wildman–Crippen LogP) is 2.90. The summed E-state index contributed by atoms with van der Waals surface area (Å²) in [5.74, 6) is 0.432. The van der Waals surface area contributed by atoms with Crippen molar-refractivity contribution >= 4 is 23.1 Å². The molecule has 6 nitrogen and oxygen atoms in total. The summed E-state index contributed by atoms with van der Waals surface area (Å²) in [6.07, 6.45) is 4.75. The van der Waals surface area contributed by atoms with E-state index in [4.69, 9.17) is 5.26 Å². The van der Waals surface area contributed by atoms with Crippen LogP contribution >= 0.6 is 11.3 Å². The molecular weight excluding hydrogens is 322 g/mol. The summed E-state index contributed by atoms with van der Waals surface area (Å²) in [6, 6.07) is 5.50. The van der Waals surface area contributed by atoms with Gasteiger partial charge in [-0.1, -0.05) is 13.3 Å². The number of nitrogens with zero attached hydrogens (tertiary/aromatic N) is 3. The minimum absolute atomic E-state index is 0.101. The van der Waals surface area contributed by atoms with Crippen LogP contribution in [0.4, 0.5) is 5.82 Å². The Bertz CT molecular complexity index is 735. The molecule has 7 heteroatoms. The molecule has 0 saturated carbocycles. The summed E-state index contributed by atoms with van der Waals surface area (Å²) in [5.41, 5.74) is 1.27. The molecule has 2 heterocycles. The molecule has 0 aromatic carbocycles. The highest BCUT2D eigenvalue weighted by molar-refractivity contribution is 7.13. The van der Waals surface area contributed by atoms with Crippen LogP contribution < -0.4 is 10.6 Å². The van der Waals surface area contributed by atoms with Gasteiger partial charge in [-0.25, -0.2) is 9.97 Å². The topological polar surface area (TPSA) is 90.7 Å². The number of anilines is 1. The number of aromatic nitrogens is 2. The average Bonchev–Trinajstić information content (AvgIpc) is 2.97. The lowest BCUT2D eigenvalue weighted by Gasteiger charge is -2.07. The zero-order valence-electron chi connectivity index (χ0n) is 13.9. The second kappa shape index (κ2) is 8.99. The van der Waals surface area contributed by atoms with Crippen molar-refractivity contribution in [2.24, 2.45) is 0 Å². The molecular formula is C17H21N5OS. The third-order valence-corrected chi connectivity index (χ3v) is 4.64. The van der Waals surface area contributed by atoms with Crippen molar-refractivity contribution in [2.75, 3.05) is 18.4 Å². The van der Waals surface area contributed by atoms with Gasteiger partial charge in [0.15, 0.2) is 0 Å². The molecule has 0 saturated heterocycles. The Hall–Kier alpha value is -2.46. The minimum atomic E-state index is -0.101. The first-order valence-electron chi connectivity index (χ1n) is 7.99. The largest absolute Gasteiger partial charge is 0.367 e. The maximum Gasteiger partial charge on any atom is 0.263 e. The minimum Gasteiger partial charge on any atom is -0.367 e. The molecule has 0 aliphatic heterocycles. The number of rotatable bonds is 8. The first kappa shape index (κ1) is 17.9. The van der Waals surface area contributed by atoms with Crippen LogP contribution in [0, 0.1) is 18.3 Å². The van der Waals surface area contributed by atoms with Crippen molar-refractivity contribution in [2.45, 2.75) is 33.1 Å². The molecule has 126 valence electrons. The highest BCUT2D eigenvalue weighted by Crippen LogP contribution is 2.19. The number of pyridine rings is 1. The normalized spacial score (nSPS) is 10.2. The highest BCUT2D eigenvalue weighted by Gasteiger charge is 2.14. The summed E-state index contributed by atoms with van der Waals surface area (Å²) < 4.78 is 0. The smallest absolute Gasteiger partial charge is 0.263 e. The predicted molar refractivity (Wildman–Crippen MR) is 95.2 cm³/mol. The molecule has 0 atom stereocenters. The zero-order chi connectivity index (χ0) is 17.4. The molecule has 0 bridgehead atoms. The van der Waals surface area contributed by atoms with Crippen LogP contribution in [-0.2, 0) is 6.42 Å². The third kappa shape index (κ3) is 4.77. The Balaban J connectivity index is 1.83. The third-order valence-electron chi connectivity index (χ3n) is 3.42. The van der Waals surface area contributed by atoms with E-state index in [1.165, 1.54) is 11.3 Å². The highest BCUT2D eigenvalue weighted by atomic mass is 32.1. The number of hydrogen-bond donors (Lipinski definition) is 2. The Morgan fingerprint density at radius 1 is 1.42 bits per heavy atom. The van der Waals surface area contributed by atoms with Crippen molar-refractivity contribution < 1.29 is 4.79 Å². The van der Waals surface area contributed by atoms with E-state index < -0.39 is 0 Å². The van der Waals surface area contributed by atoms with Gasteiger partial charge in [0.25, 0.3) is 5.91 Å². The van der Waals surface area contributed by atoms with Gasteiger partial charge in [-0.3, -0.25) is 4.79 Å².